The molecule has 3 rings (SSSR count). The highest BCUT2D eigenvalue weighted by Crippen LogP contribution is 2.17. The lowest BCUT2D eigenvalue weighted by Gasteiger charge is -2.28. The number of amides is 1. The molecule has 1 N–H and O–H groups in total. The Bertz CT molecular complexity index is 623. The summed E-state index contributed by atoms with van der Waals surface area (Å²) in [5.74, 6) is 1.60. The Balaban J connectivity index is 0.00000208. The number of hydrogen-bond acceptors (Lipinski definition) is 6. The van der Waals surface area contributed by atoms with Crippen molar-refractivity contribution < 1.29 is 13.7 Å². The van der Waals surface area contributed by atoms with Crippen LogP contribution in [0.3, 0.4) is 0 Å². The van der Waals surface area contributed by atoms with Crippen LogP contribution in [0, 0.1) is 0 Å². The lowest BCUT2D eigenvalue weighted by atomic mass is 10.1. The van der Waals surface area contributed by atoms with Crippen LogP contribution < -0.4 is 5.32 Å². The fourth-order valence-corrected chi connectivity index (χ4v) is 2.88. The molecule has 24 heavy (non-hydrogen) atoms. The SMILES string of the molecule is CCCN(C(=O)CCc1nc(-c2ccco2)no1)C1CCNC1.Cl. The molecule has 1 saturated heterocycles. The Morgan fingerprint density at radius 1 is 1.50 bits per heavy atom. The number of nitrogens with one attached hydrogen (secondary N) is 1. The predicted molar refractivity (Wildman–Crippen MR) is 90.8 cm³/mol. The van der Waals surface area contributed by atoms with Gasteiger partial charge >= 0.3 is 0 Å². The highest BCUT2D eigenvalue weighted by molar-refractivity contribution is 5.85. The second kappa shape index (κ2) is 8.84. The lowest BCUT2D eigenvalue weighted by Crippen LogP contribution is -2.42. The zero-order valence-corrected chi connectivity index (χ0v) is 14.6. The van der Waals surface area contributed by atoms with E-state index in [4.69, 9.17) is 8.94 Å². The maximum absolute atomic E-state index is 12.5. The Kier molecular flexibility index (Phi) is 6.81. The largest absolute Gasteiger partial charge is 0.461 e. The normalized spacial score (nSPS) is 16.8. The third-order valence-corrected chi connectivity index (χ3v) is 4.02. The standard InChI is InChI=1S/C16H22N4O3.ClH/c1-2-9-20(12-7-8-17-11-12)15(21)6-5-14-18-16(19-23-14)13-4-3-10-22-13;/h3-4,10,12,17H,2,5-9,11H2,1H3;1H. The molecule has 2 aromatic rings. The number of halogens is 1. The first kappa shape index (κ1) is 18.5. The number of furan rings is 1. The monoisotopic (exact) mass is 354 g/mol. The molecule has 0 spiro atoms. The molecule has 2 aromatic heterocycles. The van der Waals surface area contributed by atoms with Crippen LogP contribution in [0.5, 0.6) is 0 Å². The smallest absolute Gasteiger partial charge is 0.238 e. The third-order valence-electron chi connectivity index (χ3n) is 4.02. The molecule has 0 aliphatic carbocycles. The fraction of sp³-hybridized carbons (Fsp3) is 0.562. The first-order chi connectivity index (χ1) is 11.3. The van der Waals surface area contributed by atoms with Gasteiger partial charge in [0.1, 0.15) is 0 Å². The average molecular weight is 355 g/mol. The van der Waals surface area contributed by atoms with Crippen molar-refractivity contribution in [3.8, 4) is 11.6 Å². The summed E-state index contributed by atoms with van der Waals surface area (Å²) >= 11 is 0. The van der Waals surface area contributed by atoms with Crippen molar-refractivity contribution in [3.63, 3.8) is 0 Å². The summed E-state index contributed by atoms with van der Waals surface area (Å²) in [4.78, 5) is 18.8. The summed E-state index contributed by atoms with van der Waals surface area (Å²) in [6, 6.07) is 3.85. The van der Waals surface area contributed by atoms with Gasteiger partial charge in [-0.2, -0.15) is 4.98 Å². The summed E-state index contributed by atoms with van der Waals surface area (Å²) in [5.41, 5.74) is 0. The Morgan fingerprint density at radius 3 is 3.04 bits per heavy atom. The Labute approximate surface area is 147 Å². The van der Waals surface area contributed by atoms with Gasteiger partial charge in [0.15, 0.2) is 5.76 Å². The van der Waals surface area contributed by atoms with Crippen molar-refractivity contribution in [2.45, 2.75) is 38.6 Å². The van der Waals surface area contributed by atoms with E-state index in [2.05, 4.69) is 22.4 Å². The molecule has 1 amide bonds. The summed E-state index contributed by atoms with van der Waals surface area (Å²) in [5, 5.41) is 7.19. The van der Waals surface area contributed by atoms with Gasteiger partial charge in [0.2, 0.25) is 17.6 Å². The summed E-state index contributed by atoms with van der Waals surface area (Å²) in [6.45, 7) is 4.76. The second-order valence-corrected chi connectivity index (χ2v) is 5.72. The van der Waals surface area contributed by atoms with Crippen LogP contribution in [0.1, 0.15) is 32.1 Å². The van der Waals surface area contributed by atoms with E-state index in [0.29, 0.717) is 36.4 Å². The molecular formula is C16H23ClN4O3. The molecule has 1 aliphatic heterocycles. The molecule has 0 saturated carbocycles. The number of aryl methyl sites for hydroxylation is 1. The summed E-state index contributed by atoms with van der Waals surface area (Å²) < 4.78 is 10.4. The minimum atomic E-state index is 0. The Morgan fingerprint density at radius 2 is 2.38 bits per heavy atom. The van der Waals surface area contributed by atoms with Crippen molar-refractivity contribution in [3.05, 3.63) is 24.3 Å². The van der Waals surface area contributed by atoms with E-state index < -0.39 is 0 Å². The zero-order valence-electron chi connectivity index (χ0n) is 13.7. The van der Waals surface area contributed by atoms with Gasteiger partial charge in [-0.3, -0.25) is 4.79 Å². The van der Waals surface area contributed by atoms with E-state index in [0.717, 1.165) is 32.5 Å². The maximum Gasteiger partial charge on any atom is 0.238 e. The third kappa shape index (κ3) is 4.36. The van der Waals surface area contributed by atoms with Gasteiger partial charge in [-0.25, -0.2) is 0 Å². The molecular weight excluding hydrogens is 332 g/mol. The van der Waals surface area contributed by atoms with E-state index in [1.165, 1.54) is 0 Å². The van der Waals surface area contributed by atoms with E-state index >= 15 is 0 Å². The molecule has 1 atom stereocenters. The van der Waals surface area contributed by atoms with Crippen LogP contribution >= 0.6 is 12.4 Å². The van der Waals surface area contributed by atoms with Crippen LogP contribution in [0.15, 0.2) is 27.3 Å². The van der Waals surface area contributed by atoms with Gasteiger partial charge in [-0.15, -0.1) is 12.4 Å². The van der Waals surface area contributed by atoms with Crippen LogP contribution in [0.25, 0.3) is 11.6 Å². The van der Waals surface area contributed by atoms with E-state index in [1.807, 2.05) is 4.90 Å². The quantitative estimate of drug-likeness (QED) is 0.821. The average Bonchev–Trinajstić information content (AvgIpc) is 3.32. The molecule has 1 aliphatic rings. The van der Waals surface area contributed by atoms with Gasteiger partial charge < -0.3 is 19.2 Å². The van der Waals surface area contributed by atoms with Gasteiger partial charge in [0.25, 0.3) is 0 Å². The maximum atomic E-state index is 12.5. The molecule has 132 valence electrons. The molecule has 0 aromatic carbocycles. The second-order valence-electron chi connectivity index (χ2n) is 5.72. The van der Waals surface area contributed by atoms with Crippen LogP contribution in [-0.4, -0.2) is 46.6 Å². The number of carbonyl (C=O) groups is 1. The van der Waals surface area contributed by atoms with Gasteiger partial charge in [0, 0.05) is 32.0 Å². The topological polar surface area (TPSA) is 84.4 Å². The highest BCUT2D eigenvalue weighted by Gasteiger charge is 2.26. The number of hydrogen-bond donors (Lipinski definition) is 1. The number of rotatable bonds is 7. The van der Waals surface area contributed by atoms with Crippen molar-refractivity contribution in [2.24, 2.45) is 0 Å². The van der Waals surface area contributed by atoms with Crippen molar-refractivity contribution in [1.29, 1.82) is 0 Å². The van der Waals surface area contributed by atoms with Crippen molar-refractivity contribution in [2.75, 3.05) is 19.6 Å². The summed E-state index contributed by atoms with van der Waals surface area (Å²) in [6.07, 6.45) is 4.39. The minimum Gasteiger partial charge on any atom is -0.461 e. The van der Waals surface area contributed by atoms with E-state index in [9.17, 15) is 4.79 Å². The molecule has 0 radical (unpaired) electrons. The van der Waals surface area contributed by atoms with Crippen molar-refractivity contribution in [1.82, 2.24) is 20.4 Å². The van der Waals surface area contributed by atoms with Gasteiger partial charge in [0.05, 0.1) is 6.26 Å². The molecule has 1 fully saturated rings. The predicted octanol–water partition coefficient (Wildman–Crippen LogP) is 2.28. The number of nitrogens with zero attached hydrogens (tertiary/aromatic N) is 3. The van der Waals surface area contributed by atoms with Gasteiger partial charge in [-0.05, 0) is 31.5 Å². The number of carbonyl (C=O) groups excluding carboxylic acids is 1. The van der Waals surface area contributed by atoms with E-state index in [-0.39, 0.29) is 18.3 Å². The number of aromatic nitrogens is 2. The Hall–Kier alpha value is -1.86. The van der Waals surface area contributed by atoms with Crippen molar-refractivity contribution >= 4 is 18.3 Å². The minimum absolute atomic E-state index is 0. The molecule has 8 heteroatoms. The molecule has 3 heterocycles. The highest BCUT2D eigenvalue weighted by atomic mass is 35.5. The van der Waals surface area contributed by atoms with E-state index in [1.54, 1.807) is 18.4 Å². The molecule has 7 nitrogen and oxygen atoms in total. The van der Waals surface area contributed by atoms with Gasteiger partial charge in [-0.1, -0.05) is 12.1 Å². The van der Waals surface area contributed by atoms with Crippen LogP contribution in [-0.2, 0) is 11.2 Å². The lowest BCUT2D eigenvalue weighted by molar-refractivity contribution is -0.133. The fourth-order valence-electron chi connectivity index (χ4n) is 2.88. The summed E-state index contributed by atoms with van der Waals surface area (Å²) in [7, 11) is 0. The molecule has 0 bridgehead atoms. The first-order valence-corrected chi connectivity index (χ1v) is 8.14. The zero-order chi connectivity index (χ0) is 16.1. The molecule has 1 unspecified atom stereocenters. The van der Waals surface area contributed by atoms with Crippen LogP contribution in [0.4, 0.5) is 0 Å². The van der Waals surface area contributed by atoms with Crippen LogP contribution in [0.2, 0.25) is 0 Å². The first-order valence-electron chi connectivity index (χ1n) is 8.14.